The Morgan fingerprint density at radius 2 is 1.15 bits per heavy atom. The fourth-order valence-electron chi connectivity index (χ4n) is 4.19. The maximum atomic E-state index is 12.6. The summed E-state index contributed by atoms with van der Waals surface area (Å²) >= 11 is 0. The van der Waals surface area contributed by atoms with Crippen LogP contribution in [0.4, 0.5) is 0 Å². The monoisotopic (exact) mass is 636 g/mol. The van der Waals surface area contributed by atoms with E-state index in [1.165, 1.54) is 6.92 Å². The molecule has 2 rings (SSSR count). The zero-order valence-electron chi connectivity index (χ0n) is 26.1. The van der Waals surface area contributed by atoms with Crippen molar-refractivity contribution in [1.29, 1.82) is 0 Å². The number of ether oxygens (including phenoxy) is 6. The molecule has 0 aliphatic carbocycles. The van der Waals surface area contributed by atoms with Gasteiger partial charge in [0.2, 0.25) is 0 Å². The van der Waals surface area contributed by atoms with E-state index in [9.17, 15) is 24.3 Å². The van der Waals surface area contributed by atoms with Crippen LogP contribution < -0.4 is 9.47 Å². The van der Waals surface area contributed by atoms with Gasteiger partial charge in [-0.15, -0.1) is 0 Å². The van der Waals surface area contributed by atoms with E-state index in [1.807, 2.05) is 31.2 Å². The fraction of sp³-hybridized carbons (Fsp3) is 0.314. The van der Waals surface area contributed by atoms with E-state index in [-0.39, 0.29) is 38.4 Å². The molecule has 246 valence electrons. The van der Waals surface area contributed by atoms with Crippen molar-refractivity contribution < 1.29 is 52.7 Å². The summed E-state index contributed by atoms with van der Waals surface area (Å²) in [6.45, 7) is 17.0. The normalized spacial score (nSPS) is 12.0. The Morgan fingerprint density at radius 3 is 1.54 bits per heavy atom. The molecule has 0 saturated heterocycles. The predicted molar refractivity (Wildman–Crippen MR) is 169 cm³/mol. The second-order valence-electron chi connectivity index (χ2n) is 10.2. The second-order valence-corrected chi connectivity index (χ2v) is 10.2. The highest BCUT2D eigenvalue weighted by Gasteiger charge is 2.37. The summed E-state index contributed by atoms with van der Waals surface area (Å²) in [5.41, 5.74) is 0.784. The van der Waals surface area contributed by atoms with Gasteiger partial charge in [-0.3, -0.25) is 0 Å². The summed E-state index contributed by atoms with van der Waals surface area (Å²) in [5.74, 6) is -1.53. The van der Waals surface area contributed by atoms with Crippen molar-refractivity contribution in [2.45, 2.75) is 37.9 Å². The van der Waals surface area contributed by atoms with Crippen LogP contribution >= 0.6 is 0 Å². The van der Waals surface area contributed by atoms with Crippen LogP contribution in [0, 0.1) is 0 Å². The number of aliphatic hydroxyl groups excluding tert-OH is 1. The van der Waals surface area contributed by atoms with Crippen molar-refractivity contribution in [2.75, 3.05) is 33.0 Å². The molecule has 0 amide bonds. The number of esters is 4. The van der Waals surface area contributed by atoms with E-state index in [0.29, 0.717) is 11.5 Å². The Balaban J connectivity index is 2.40. The van der Waals surface area contributed by atoms with E-state index in [0.717, 1.165) is 29.4 Å². The lowest BCUT2D eigenvalue weighted by atomic mass is 9.71. The molecule has 11 nitrogen and oxygen atoms in total. The van der Waals surface area contributed by atoms with Gasteiger partial charge in [0.15, 0.2) is 0 Å². The van der Waals surface area contributed by atoms with Crippen LogP contribution in [0.25, 0.3) is 0 Å². The summed E-state index contributed by atoms with van der Waals surface area (Å²) in [4.78, 5) is 46.8. The molecular weight excluding hydrogens is 596 g/mol. The second kappa shape index (κ2) is 18.6. The van der Waals surface area contributed by atoms with Gasteiger partial charge in [0.05, 0.1) is 0 Å². The van der Waals surface area contributed by atoms with E-state index < -0.39 is 48.1 Å². The molecule has 2 aromatic rings. The molecule has 0 radical (unpaired) electrons. The maximum Gasteiger partial charge on any atom is 0.333 e. The largest absolute Gasteiger partial charge is 0.490 e. The minimum absolute atomic E-state index is 0.0412. The molecule has 0 saturated carbocycles. The van der Waals surface area contributed by atoms with Gasteiger partial charge >= 0.3 is 23.9 Å². The Kier molecular flexibility index (Phi) is 15.0. The van der Waals surface area contributed by atoms with Crippen molar-refractivity contribution in [2.24, 2.45) is 0 Å². The van der Waals surface area contributed by atoms with Crippen molar-refractivity contribution >= 4 is 23.9 Å². The molecule has 2 aromatic carbocycles. The first-order valence-corrected chi connectivity index (χ1v) is 14.3. The third kappa shape index (κ3) is 11.7. The minimum atomic E-state index is -1.38. The van der Waals surface area contributed by atoms with Gasteiger partial charge in [-0.2, -0.15) is 0 Å². The molecule has 0 fully saturated rings. The van der Waals surface area contributed by atoms with Crippen LogP contribution in [0.3, 0.4) is 0 Å². The first kappa shape index (κ1) is 37.0. The Bertz CT molecular complexity index is 1300. The molecule has 1 N–H and O–H groups in total. The van der Waals surface area contributed by atoms with Gasteiger partial charge in [0.1, 0.15) is 56.7 Å². The number of rotatable bonds is 20. The zero-order chi connectivity index (χ0) is 34.1. The lowest BCUT2D eigenvalue weighted by Gasteiger charge is -2.36. The molecule has 46 heavy (non-hydrogen) atoms. The smallest absolute Gasteiger partial charge is 0.333 e. The summed E-state index contributed by atoms with van der Waals surface area (Å²) < 4.78 is 31.9. The molecule has 0 aliphatic heterocycles. The average molecular weight is 637 g/mol. The SMILES string of the molecule is C=CC(=O)OCCOc1ccc(C(C)(CC(OC(=O)C(=C)C)C(O)COC(=O)C=C)c2ccc(OCCOC(=O)C=C)cc2)cc1. The minimum Gasteiger partial charge on any atom is -0.490 e. The standard InChI is InChI=1S/C35H40O11/c1-7-31(37)43-20-18-41-27-14-10-25(11-15-27)35(6,26-12-16-28(17-13-26)42-19-21-44-32(38)8-2)22-30(46-34(40)24(4)5)29(36)23-45-33(39)9-3/h7-17,29-30,36H,1-4,18-23H2,5-6H3. The van der Waals surface area contributed by atoms with Crippen molar-refractivity contribution in [3.8, 4) is 11.5 Å². The first-order chi connectivity index (χ1) is 21.9. The summed E-state index contributed by atoms with van der Waals surface area (Å²) in [7, 11) is 0. The number of hydrogen-bond acceptors (Lipinski definition) is 11. The number of benzene rings is 2. The predicted octanol–water partition coefficient (Wildman–Crippen LogP) is 4.18. The first-order valence-electron chi connectivity index (χ1n) is 14.3. The summed E-state index contributed by atoms with van der Waals surface area (Å²) in [6.07, 6.45) is 0.652. The zero-order valence-corrected chi connectivity index (χ0v) is 26.1. The van der Waals surface area contributed by atoms with Crippen molar-refractivity contribution in [3.05, 3.63) is 110 Å². The topological polar surface area (TPSA) is 144 Å². The van der Waals surface area contributed by atoms with E-state index in [1.54, 1.807) is 24.3 Å². The van der Waals surface area contributed by atoms with Crippen LogP contribution in [0.5, 0.6) is 11.5 Å². The lowest BCUT2D eigenvalue weighted by molar-refractivity contribution is -0.157. The van der Waals surface area contributed by atoms with Gasteiger partial charge < -0.3 is 33.5 Å². The van der Waals surface area contributed by atoms with Gasteiger partial charge in [-0.25, -0.2) is 19.2 Å². The molecule has 0 aromatic heterocycles. The third-order valence-corrected chi connectivity index (χ3v) is 6.72. The van der Waals surface area contributed by atoms with E-state index in [2.05, 4.69) is 26.3 Å². The quantitative estimate of drug-likeness (QED) is 0.0968. The maximum absolute atomic E-state index is 12.6. The Labute approximate surface area is 268 Å². The van der Waals surface area contributed by atoms with Crippen LogP contribution in [0.2, 0.25) is 0 Å². The lowest BCUT2D eigenvalue weighted by Crippen LogP contribution is -2.41. The van der Waals surface area contributed by atoms with Crippen LogP contribution in [-0.4, -0.2) is 74.2 Å². The van der Waals surface area contributed by atoms with Gasteiger partial charge in [0, 0.05) is 35.6 Å². The van der Waals surface area contributed by atoms with Gasteiger partial charge in [0.25, 0.3) is 0 Å². The number of carbonyl (C=O) groups is 4. The fourth-order valence-corrected chi connectivity index (χ4v) is 4.19. The Morgan fingerprint density at radius 1 is 0.739 bits per heavy atom. The highest BCUT2D eigenvalue weighted by Crippen LogP contribution is 2.39. The molecule has 2 unspecified atom stereocenters. The highest BCUT2D eigenvalue weighted by atomic mass is 16.6. The van der Waals surface area contributed by atoms with Gasteiger partial charge in [-0.05, 0) is 42.3 Å². The Hall–Kier alpha value is -5.16. The van der Waals surface area contributed by atoms with E-state index >= 15 is 0 Å². The molecule has 11 heteroatoms. The molecule has 0 bridgehead atoms. The summed E-state index contributed by atoms with van der Waals surface area (Å²) in [5, 5.41) is 11.0. The van der Waals surface area contributed by atoms with Gasteiger partial charge in [-0.1, -0.05) is 57.5 Å². The number of aliphatic hydroxyl groups is 1. The van der Waals surface area contributed by atoms with Crippen molar-refractivity contribution in [1.82, 2.24) is 0 Å². The molecular formula is C35H40O11. The average Bonchev–Trinajstić information content (AvgIpc) is 3.06. The molecule has 0 heterocycles. The highest BCUT2D eigenvalue weighted by molar-refractivity contribution is 5.87. The molecule has 0 aliphatic rings. The molecule has 0 spiro atoms. The van der Waals surface area contributed by atoms with Crippen LogP contribution in [0.1, 0.15) is 31.4 Å². The van der Waals surface area contributed by atoms with Crippen LogP contribution in [0.15, 0.2) is 98.6 Å². The van der Waals surface area contributed by atoms with Crippen molar-refractivity contribution in [3.63, 3.8) is 0 Å². The van der Waals surface area contributed by atoms with Crippen LogP contribution in [-0.2, 0) is 43.5 Å². The number of carbonyl (C=O) groups excluding carboxylic acids is 4. The molecule has 2 atom stereocenters. The summed E-state index contributed by atoms with van der Waals surface area (Å²) in [6, 6.07) is 14.3. The van der Waals surface area contributed by atoms with E-state index in [4.69, 9.17) is 28.4 Å². The third-order valence-electron chi connectivity index (χ3n) is 6.72. The number of hydrogen-bond donors (Lipinski definition) is 1.